The van der Waals surface area contributed by atoms with E-state index in [1.165, 1.54) is 50.3 Å². The van der Waals surface area contributed by atoms with Crippen LogP contribution in [0.3, 0.4) is 0 Å². The molecule has 3 heterocycles. The van der Waals surface area contributed by atoms with E-state index < -0.39 is 0 Å². The first-order valence-corrected chi connectivity index (χ1v) is 10.4. The van der Waals surface area contributed by atoms with Crippen LogP contribution in [0.4, 0.5) is 11.6 Å². The molecule has 1 saturated heterocycles. The SMILES string of the molecule is N#Cc1nc(N2CCC3(CCCC3)CC2)cnc1Sc1ccnc(N)c1Cl. The molecule has 1 aliphatic carbocycles. The number of nitriles is 1. The van der Waals surface area contributed by atoms with Gasteiger partial charge in [0.25, 0.3) is 0 Å². The summed E-state index contributed by atoms with van der Waals surface area (Å²) in [6.45, 7) is 1.97. The Hall–Kier alpha value is -2.04. The molecule has 1 spiro atoms. The number of nitrogens with zero attached hydrogens (tertiary/aromatic N) is 5. The maximum Gasteiger partial charge on any atom is 0.175 e. The van der Waals surface area contributed by atoms with E-state index in [2.05, 4.69) is 25.9 Å². The predicted molar refractivity (Wildman–Crippen MR) is 107 cm³/mol. The summed E-state index contributed by atoms with van der Waals surface area (Å²) in [5.41, 5.74) is 6.61. The number of hydrogen-bond acceptors (Lipinski definition) is 7. The smallest absolute Gasteiger partial charge is 0.175 e. The summed E-state index contributed by atoms with van der Waals surface area (Å²) in [5.74, 6) is 1.04. The Bertz CT molecular complexity index is 880. The van der Waals surface area contributed by atoms with Gasteiger partial charge in [0.2, 0.25) is 0 Å². The van der Waals surface area contributed by atoms with Crippen LogP contribution < -0.4 is 10.6 Å². The van der Waals surface area contributed by atoms with Crippen molar-refractivity contribution in [2.45, 2.75) is 48.4 Å². The van der Waals surface area contributed by atoms with E-state index in [9.17, 15) is 5.26 Å². The molecule has 0 amide bonds. The summed E-state index contributed by atoms with van der Waals surface area (Å²) in [6.07, 6.45) is 11.2. The van der Waals surface area contributed by atoms with Gasteiger partial charge in [-0.05, 0) is 37.2 Å². The predicted octanol–water partition coefficient (Wildman–Crippen LogP) is 4.29. The highest BCUT2D eigenvalue weighted by molar-refractivity contribution is 7.99. The second kappa shape index (κ2) is 7.53. The molecule has 2 aromatic rings. The second-order valence-electron chi connectivity index (χ2n) is 7.30. The maximum absolute atomic E-state index is 9.56. The summed E-state index contributed by atoms with van der Waals surface area (Å²) in [5, 5.41) is 10.5. The Morgan fingerprint density at radius 3 is 2.63 bits per heavy atom. The third-order valence-electron chi connectivity index (χ3n) is 5.73. The zero-order chi connectivity index (χ0) is 18.9. The Morgan fingerprint density at radius 1 is 1.19 bits per heavy atom. The van der Waals surface area contributed by atoms with Gasteiger partial charge < -0.3 is 10.6 Å². The average Bonchev–Trinajstić information content (AvgIpc) is 3.14. The molecule has 0 aromatic carbocycles. The number of nitrogens with two attached hydrogens (primary N) is 1. The number of piperidine rings is 1. The van der Waals surface area contributed by atoms with Crippen LogP contribution in [0.25, 0.3) is 0 Å². The lowest BCUT2D eigenvalue weighted by Gasteiger charge is -2.39. The fourth-order valence-corrected chi connectivity index (χ4v) is 5.18. The topological polar surface area (TPSA) is 91.7 Å². The van der Waals surface area contributed by atoms with Gasteiger partial charge in [0, 0.05) is 24.2 Å². The van der Waals surface area contributed by atoms with E-state index in [0.717, 1.165) is 18.9 Å². The molecule has 140 valence electrons. The van der Waals surface area contributed by atoms with Crippen molar-refractivity contribution in [1.82, 2.24) is 15.0 Å². The van der Waals surface area contributed by atoms with Crippen molar-refractivity contribution in [2.24, 2.45) is 5.41 Å². The lowest BCUT2D eigenvalue weighted by Crippen LogP contribution is -2.39. The Balaban J connectivity index is 1.52. The molecule has 2 aromatic heterocycles. The molecule has 0 atom stereocenters. The van der Waals surface area contributed by atoms with Gasteiger partial charge in [-0.25, -0.2) is 15.0 Å². The molecular formula is C19H21ClN6S. The maximum atomic E-state index is 9.56. The number of pyridine rings is 1. The van der Waals surface area contributed by atoms with E-state index >= 15 is 0 Å². The van der Waals surface area contributed by atoms with Crippen LogP contribution in [0.5, 0.6) is 0 Å². The Morgan fingerprint density at radius 2 is 1.93 bits per heavy atom. The van der Waals surface area contributed by atoms with Gasteiger partial charge in [0.15, 0.2) is 5.69 Å². The van der Waals surface area contributed by atoms with Crippen molar-refractivity contribution >= 4 is 35.0 Å². The van der Waals surface area contributed by atoms with Gasteiger partial charge in [-0.3, -0.25) is 0 Å². The lowest BCUT2D eigenvalue weighted by molar-refractivity contribution is 0.226. The van der Waals surface area contributed by atoms with Gasteiger partial charge in [-0.1, -0.05) is 36.2 Å². The van der Waals surface area contributed by atoms with Crippen LogP contribution in [-0.4, -0.2) is 28.0 Å². The standard InChI is InChI=1S/C19H21ClN6S/c20-16-14(3-8-23-17(16)22)27-18-13(11-21)25-15(12-24-18)26-9-6-19(7-10-26)4-1-2-5-19/h3,8,12H,1-2,4-7,9-10H2,(H2,22,23). The van der Waals surface area contributed by atoms with E-state index in [0.29, 0.717) is 26.1 Å². The minimum atomic E-state index is 0.263. The molecule has 0 bridgehead atoms. The van der Waals surface area contributed by atoms with E-state index in [-0.39, 0.29) is 5.82 Å². The quantitative estimate of drug-likeness (QED) is 0.821. The van der Waals surface area contributed by atoms with Crippen molar-refractivity contribution in [3.05, 3.63) is 29.2 Å². The molecule has 2 N–H and O–H groups in total. The first kappa shape index (κ1) is 18.3. The fourth-order valence-electron chi connectivity index (χ4n) is 4.13. The van der Waals surface area contributed by atoms with Crippen molar-refractivity contribution < 1.29 is 0 Å². The van der Waals surface area contributed by atoms with Gasteiger partial charge in [0.1, 0.15) is 22.7 Å². The highest BCUT2D eigenvalue weighted by Crippen LogP contribution is 2.46. The number of aromatic nitrogens is 3. The molecule has 6 nitrogen and oxygen atoms in total. The average molecular weight is 401 g/mol. The third kappa shape index (κ3) is 3.69. The first-order valence-electron chi connectivity index (χ1n) is 9.20. The Kier molecular flexibility index (Phi) is 5.11. The molecule has 1 saturated carbocycles. The first-order chi connectivity index (χ1) is 13.1. The van der Waals surface area contributed by atoms with Crippen LogP contribution >= 0.6 is 23.4 Å². The van der Waals surface area contributed by atoms with E-state index in [1.807, 2.05) is 0 Å². The molecule has 0 radical (unpaired) electrons. The second-order valence-corrected chi connectivity index (χ2v) is 8.71. The van der Waals surface area contributed by atoms with E-state index in [1.54, 1.807) is 18.5 Å². The Labute approximate surface area is 168 Å². The largest absolute Gasteiger partial charge is 0.382 e. The van der Waals surface area contributed by atoms with Gasteiger partial charge in [0.05, 0.1) is 11.2 Å². The minimum absolute atomic E-state index is 0.263. The summed E-state index contributed by atoms with van der Waals surface area (Å²) in [7, 11) is 0. The normalized spacial score (nSPS) is 18.6. The summed E-state index contributed by atoms with van der Waals surface area (Å²) >= 11 is 7.49. The molecule has 27 heavy (non-hydrogen) atoms. The van der Waals surface area contributed by atoms with Crippen molar-refractivity contribution in [1.29, 1.82) is 5.26 Å². The molecule has 2 fully saturated rings. The van der Waals surface area contributed by atoms with Gasteiger partial charge in [-0.2, -0.15) is 5.26 Å². The fraction of sp³-hybridized carbons (Fsp3) is 0.474. The minimum Gasteiger partial charge on any atom is -0.382 e. The van der Waals surface area contributed by atoms with Gasteiger partial charge in [-0.15, -0.1) is 0 Å². The number of anilines is 2. The zero-order valence-corrected chi connectivity index (χ0v) is 16.6. The number of halogens is 1. The monoisotopic (exact) mass is 400 g/mol. The molecular weight excluding hydrogens is 380 g/mol. The number of hydrogen-bond donors (Lipinski definition) is 1. The number of rotatable bonds is 3. The van der Waals surface area contributed by atoms with Gasteiger partial charge >= 0.3 is 0 Å². The molecule has 2 aliphatic rings. The number of nitrogen functional groups attached to an aromatic ring is 1. The molecule has 0 unspecified atom stereocenters. The highest BCUT2D eigenvalue weighted by Gasteiger charge is 2.37. The lowest BCUT2D eigenvalue weighted by atomic mass is 9.77. The zero-order valence-electron chi connectivity index (χ0n) is 15.0. The van der Waals surface area contributed by atoms with Crippen molar-refractivity contribution in [2.75, 3.05) is 23.7 Å². The van der Waals surface area contributed by atoms with Crippen molar-refractivity contribution in [3.8, 4) is 6.07 Å². The van der Waals surface area contributed by atoms with Crippen LogP contribution in [-0.2, 0) is 0 Å². The molecule has 4 rings (SSSR count). The molecule has 8 heteroatoms. The van der Waals surface area contributed by atoms with Crippen LogP contribution in [0, 0.1) is 16.7 Å². The summed E-state index contributed by atoms with van der Waals surface area (Å²) < 4.78 is 0. The van der Waals surface area contributed by atoms with Crippen LogP contribution in [0.2, 0.25) is 5.02 Å². The summed E-state index contributed by atoms with van der Waals surface area (Å²) in [6, 6.07) is 3.92. The summed E-state index contributed by atoms with van der Waals surface area (Å²) in [4.78, 5) is 16.0. The van der Waals surface area contributed by atoms with Crippen LogP contribution in [0.15, 0.2) is 28.4 Å². The molecule has 1 aliphatic heterocycles. The van der Waals surface area contributed by atoms with Crippen molar-refractivity contribution in [3.63, 3.8) is 0 Å². The van der Waals surface area contributed by atoms with Crippen LogP contribution in [0.1, 0.15) is 44.2 Å². The van der Waals surface area contributed by atoms with E-state index in [4.69, 9.17) is 17.3 Å². The third-order valence-corrected chi connectivity index (χ3v) is 7.29. The highest BCUT2D eigenvalue weighted by atomic mass is 35.5.